The number of aromatic nitrogens is 2. The van der Waals surface area contributed by atoms with Crippen molar-refractivity contribution in [2.75, 3.05) is 0 Å². The normalized spacial score (nSPS) is 11.1. The van der Waals surface area contributed by atoms with Crippen molar-refractivity contribution in [3.05, 3.63) is 62.8 Å². The largest absolute Gasteiger partial charge is 0.292 e. The Labute approximate surface area is 119 Å². The topological polar surface area (TPSA) is 34.9 Å². The lowest BCUT2D eigenvalue weighted by molar-refractivity contribution is 0.571. The molecule has 6 heteroatoms. The van der Waals surface area contributed by atoms with E-state index in [2.05, 4.69) is 4.98 Å². The van der Waals surface area contributed by atoms with Gasteiger partial charge in [0.1, 0.15) is 22.6 Å². The summed E-state index contributed by atoms with van der Waals surface area (Å²) in [6, 6.07) is 4.35. The molecule has 2 aromatic rings. The quantitative estimate of drug-likeness (QED) is 0.815. The van der Waals surface area contributed by atoms with Crippen LogP contribution in [0.2, 0.25) is 5.15 Å². The molecule has 0 spiro atoms. The summed E-state index contributed by atoms with van der Waals surface area (Å²) in [5.41, 5.74) is 0.00833. The number of hydrogen-bond donors (Lipinski definition) is 0. The first-order valence-electron chi connectivity index (χ1n) is 6.09. The van der Waals surface area contributed by atoms with E-state index in [1.165, 1.54) is 22.8 Å². The maximum atomic E-state index is 13.2. The summed E-state index contributed by atoms with van der Waals surface area (Å²) < 4.78 is 27.7. The molecule has 20 heavy (non-hydrogen) atoms. The Balaban J connectivity index is 2.50. The van der Waals surface area contributed by atoms with Gasteiger partial charge < -0.3 is 0 Å². The summed E-state index contributed by atoms with van der Waals surface area (Å²) in [4.78, 5) is 16.1. The number of hydrogen-bond acceptors (Lipinski definition) is 2. The van der Waals surface area contributed by atoms with Crippen molar-refractivity contribution in [1.82, 2.24) is 9.55 Å². The Hall–Kier alpha value is -1.75. The first kappa shape index (κ1) is 14.7. The van der Waals surface area contributed by atoms with E-state index in [4.69, 9.17) is 11.6 Å². The number of halogens is 3. The van der Waals surface area contributed by atoms with Crippen LogP contribution >= 0.6 is 11.6 Å². The van der Waals surface area contributed by atoms with E-state index >= 15 is 0 Å². The van der Waals surface area contributed by atoms with Gasteiger partial charge in [-0.05, 0) is 17.7 Å². The van der Waals surface area contributed by atoms with Crippen molar-refractivity contribution in [2.45, 2.75) is 26.3 Å². The fourth-order valence-corrected chi connectivity index (χ4v) is 2.16. The molecule has 1 aromatic carbocycles. The fraction of sp³-hybridized carbons (Fsp3) is 0.286. The summed E-state index contributed by atoms with van der Waals surface area (Å²) >= 11 is 5.78. The average Bonchev–Trinajstić information content (AvgIpc) is 2.30. The maximum Gasteiger partial charge on any atom is 0.255 e. The predicted molar refractivity (Wildman–Crippen MR) is 73.1 cm³/mol. The van der Waals surface area contributed by atoms with Gasteiger partial charge in [-0.2, -0.15) is 0 Å². The van der Waals surface area contributed by atoms with Gasteiger partial charge in [-0.1, -0.05) is 25.4 Å². The van der Waals surface area contributed by atoms with E-state index in [1.54, 1.807) is 0 Å². The van der Waals surface area contributed by atoms with Gasteiger partial charge in [-0.25, -0.2) is 13.8 Å². The molecule has 0 saturated heterocycles. The smallest absolute Gasteiger partial charge is 0.255 e. The van der Waals surface area contributed by atoms with Crippen LogP contribution in [-0.4, -0.2) is 9.55 Å². The molecule has 0 atom stereocenters. The highest BCUT2D eigenvalue weighted by atomic mass is 35.5. The van der Waals surface area contributed by atoms with Crippen LogP contribution in [0.5, 0.6) is 0 Å². The zero-order valence-corrected chi connectivity index (χ0v) is 11.8. The van der Waals surface area contributed by atoms with E-state index in [9.17, 15) is 13.6 Å². The minimum Gasteiger partial charge on any atom is -0.292 e. The molecule has 0 aliphatic heterocycles. The van der Waals surface area contributed by atoms with Gasteiger partial charge in [-0.15, -0.1) is 0 Å². The molecule has 0 aliphatic rings. The van der Waals surface area contributed by atoms with E-state index in [1.807, 2.05) is 13.8 Å². The maximum absolute atomic E-state index is 13.2. The van der Waals surface area contributed by atoms with Crippen LogP contribution in [0.4, 0.5) is 8.78 Å². The lowest BCUT2D eigenvalue weighted by Gasteiger charge is -2.14. The summed E-state index contributed by atoms with van der Waals surface area (Å²) in [6.45, 7) is 3.77. The van der Waals surface area contributed by atoms with Crippen LogP contribution in [0.15, 0.2) is 29.1 Å². The molecule has 1 aromatic heterocycles. The molecule has 0 fully saturated rings. The van der Waals surface area contributed by atoms with E-state index in [-0.39, 0.29) is 23.2 Å². The van der Waals surface area contributed by atoms with Crippen LogP contribution in [0.3, 0.4) is 0 Å². The SMILES string of the molecule is CC(C)c1nc(Cl)cc(=O)n1Cc1cc(F)cc(F)c1. The molecule has 0 bridgehead atoms. The Bertz CT molecular complexity index is 678. The van der Waals surface area contributed by atoms with Crippen LogP contribution in [0.25, 0.3) is 0 Å². The molecule has 0 unspecified atom stereocenters. The first-order valence-corrected chi connectivity index (χ1v) is 6.47. The van der Waals surface area contributed by atoms with Gasteiger partial charge >= 0.3 is 0 Å². The molecule has 1 heterocycles. The van der Waals surface area contributed by atoms with E-state index < -0.39 is 11.6 Å². The highest BCUT2D eigenvalue weighted by molar-refractivity contribution is 6.29. The molecular weight excluding hydrogens is 286 g/mol. The molecule has 0 radical (unpaired) electrons. The highest BCUT2D eigenvalue weighted by Crippen LogP contribution is 2.15. The van der Waals surface area contributed by atoms with Gasteiger partial charge in [-0.3, -0.25) is 9.36 Å². The van der Waals surface area contributed by atoms with Gasteiger partial charge in [0.05, 0.1) is 6.54 Å². The van der Waals surface area contributed by atoms with E-state index in [0.717, 1.165) is 6.07 Å². The van der Waals surface area contributed by atoms with Crippen molar-refractivity contribution in [3.63, 3.8) is 0 Å². The molecule has 106 valence electrons. The summed E-state index contributed by atoms with van der Waals surface area (Å²) in [7, 11) is 0. The molecule has 0 amide bonds. The van der Waals surface area contributed by atoms with Crippen molar-refractivity contribution >= 4 is 11.6 Å². The Morgan fingerprint density at radius 1 is 1.20 bits per heavy atom. The molecule has 3 nitrogen and oxygen atoms in total. The van der Waals surface area contributed by atoms with Gasteiger partial charge in [0, 0.05) is 18.1 Å². The number of rotatable bonds is 3. The standard InChI is InChI=1S/C14H13ClF2N2O/c1-8(2)14-18-12(15)6-13(20)19(14)7-9-3-10(16)5-11(17)4-9/h3-6,8H,7H2,1-2H3. The van der Waals surface area contributed by atoms with Gasteiger partial charge in [0.2, 0.25) is 0 Å². The second-order valence-corrected chi connectivity index (χ2v) is 5.18. The van der Waals surface area contributed by atoms with Crippen molar-refractivity contribution < 1.29 is 8.78 Å². The fourth-order valence-electron chi connectivity index (χ4n) is 1.98. The Morgan fingerprint density at radius 3 is 2.35 bits per heavy atom. The highest BCUT2D eigenvalue weighted by Gasteiger charge is 2.12. The zero-order chi connectivity index (χ0) is 14.9. The van der Waals surface area contributed by atoms with Crippen LogP contribution in [-0.2, 0) is 6.54 Å². The van der Waals surface area contributed by atoms with Crippen LogP contribution in [0, 0.1) is 11.6 Å². The van der Waals surface area contributed by atoms with E-state index in [0.29, 0.717) is 11.4 Å². The first-order chi connectivity index (χ1) is 9.36. The summed E-state index contributed by atoms with van der Waals surface area (Å²) in [6.07, 6.45) is 0. The molecule has 0 saturated carbocycles. The molecule has 2 rings (SSSR count). The summed E-state index contributed by atoms with van der Waals surface area (Å²) in [5.74, 6) is -0.922. The third-order valence-electron chi connectivity index (χ3n) is 2.79. The zero-order valence-electron chi connectivity index (χ0n) is 11.0. The third-order valence-corrected chi connectivity index (χ3v) is 2.98. The van der Waals surface area contributed by atoms with Crippen LogP contribution < -0.4 is 5.56 Å². The average molecular weight is 299 g/mol. The lowest BCUT2D eigenvalue weighted by Crippen LogP contribution is -2.25. The van der Waals surface area contributed by atoms with Gasteiger partial charge in [0.25, 0.3) is 5.56 Å². The molecule has 0 N–H and O–H groups in total. The predicted octanol–water partition coefficient (Wildman–Crippen LogP) is 3.35. The van der Waals surface area contributed by atoms with Gasteiger partial charge in [0.15, 0.2) is 0 Å². The summed E-state index contributed by atoms with van der Waals surface area (Å²) in [5, 5.41) is 0.111. The number of nitrogens with zero attached hydrogens (tertiary/aromatic N) is 2. The van der Waals surface area contributed by atoms with Crippen LogP contribution in [0.1, 0.15) is 31.2 Å². The van der Waals surface area contributed by atoms with Crippen molar-refractivity contribution in [2.24, 2.45) is 0 Å². The molecule has 0 aliphatic carbocycles. The number of benzene rings is 1. The minimum atomic E-state index is -0.680. The second-order valence-electron chi connectivity index (χ2n) is 4.79. The van der Waals surface area contributed by atoms with Crippen molar-refractivity contribution in [3.8, 4) is 0 Å². The Kier molecular flexibility index (Phi) is 4.18. The monoisotopic (exact) mass is 298 g/mol. The lowest BCUT2D eigenvalue weighted by atomic mass is 10.1. The second kappa shape index (κ2) is 5.71. The Morgan fingerprint density at radius 2 is 1.80 bits per heavy atom. The van der Waals surface area contributed by atoms with Crippen molar-refractivity contribution in [1.29, 1.82) is 0 Å². The molecular formula is C14H13ClF2N2O. The third kappa shape index (κ3) is 3.22. The minimum absolute atomic E-state index is 0.0418.